The van der Waals surface area contributed by atoms with Gasteiger partial charge in [0.1, 0.15) is 31.3 Å². The van der Waals surface area contributed by atoms with Gasteiger partial charge in [-0.05, 0) is 49.7 Å². The van der Waals surface area contributed by atoms with Gasteiger partial charge in [-0.25, -0.2) is 0 Å². The fourth-order valence-electron chi connectivity index (χ4n) is 6.02. The van der Waals surface area contributed by atoms with E-state index >= 15 is 0 Å². The van der Waals surface area contributed by atoms with Crippen LogP contribution in [0, 0.1) is 5.92 Å². The number of carbonyl (C=O) groups is 5. The molecule has 1 aromatic heterocycles. The van der Waals surface area contributed by atoms with Crippen molar-refractivity contribution in [1.82, 2.24) is 25.6 Å². The summed E-state index contributed by atoms with van der Waals surface area (Å²) in [5.41, 5.74) is 1.61. The van der Waals surface area contributed by atoms with Crippen molar-refractivity contribution in [2.75, 3.05) is 19.4 Å². The van der Waals surface area contributed by atoms with Crippen LogP contribution in [0.25, 0.3) is 10.9 Å². The van der Waals surface area contributed by atoms with Crippen molar-refractivity contribution in [3.8, 4) is 0 Å². The number of rotatable bonds is 10. The van der Waals surface area contributed by atoms with Crippen LogP contribution in [-0.4, -0.2) is 81.9 Å². The Bertz CT molecular complexity index is 1360. The second-order valence-corrected chi connectivity index (χ2v) is 13.0. The maximum atomic E-state index is 14.0. The molecule has 2 aliphatic rings. The molecule has 0 bridgehead atoms. The van der Waals surface area contributed by atoms with Gasteiger partial charge in [-0.2, -0.15) is 4.73 Å². The van der Waals surface area contributed by atoms with E-state index in [4.69, 9.17) is 4.84 Å². The van der Waals surface area contributed by atoms with Crippen molar-refractivity contribution in [2.24, 2.45) is 5.92 Å². The molecular weight excluding hydrogens is 582 g/mol. The standard InChI is InChI=1S/C32H45N5O6S/c1-5-20(2)28-32(42)36-16-10-8-15-27(36)31(41)33-24(13-9-11-17-44-21(3)38)29(39)34-25(30(40)35-28)18-22-19-37(43-4)26-14-7-6-12-23(22)26/h6-7,12,14,19-20,24-25,27-28H,5,8-11,13,15-18H2,1-4H3,(H,33,41)(H,34,39)(H,35,40)/t20?,24-,25-,27+,28-/m0/s1. The molecule has 2 saturated heterocycles. The highest BCUT2D eigenvalue weighted by molar-refractivity contribution is 8.13. The Kier molecular flexibility index (Phi) is 11.7. The van der Waals surface area contributed by atoms with E-state index in [-0.39, 0.29) is 29.3 Å². The lowest BCUT2D eigenvalue weighted by molar-refractivity contribution is -0.147. The predicted octanol–water partition coefficient (Wildman–Crippen LogP) is 2.59. The molecule has 0 saturated carbocycles. The third-order valence-corrected chi connectivity index (χ3v) is 9.60. The predicted molar refractivity (Wildman–Crippen MR) is 170 cm³/mol. The number of hydrogen-bond acceptors (Lipinski definition) is 7. The van der Waals surface area contributed by atoms with E-state index in [1.165, 1.54) is 18.7 Å². The van der Waals surface area contributed by atoms with E-state index in [9.17, 15) is 24.0 Å². The lowest BCUT2D eigenvalue weighted by Gasteiger charge is -2.39. The number of para-hydroxylation sites is 1. The smallest absolute Gasteiger partial charge is 0.246 e. The Morgan fingerprint density at radius 1 is 1.02 bits per heavy atom. The molecule has 5 atom stereocenters. The number of unbranched alkanes of at least 4 members (excludes halogenated alkanes) is 1. The van der Waals surface area contributed by atoms with Crippen LogP contribution in [0.15, 0.2) is 30.5 Å². The first-order chi connectivity index (χ1) is 21.1. The number of aromatic nitrogens is 1. The van der Waals surface area contributed by atoms with Crippen molar-refractivity contribution in [2.45, 2.75) is 96.3 Å². The number of fused-ring (bicyclic) bond motifs is 2. The molecule has 240 valence electrons. The van der Waals surface area contributed by atoms with Gasteiger partial charge in [-0.3, -0.25) is 24.0 Å². The summed E-state index contributed by atoms with van der Waals surface area (Å²) in [7, 11) is 1.55. The lowest BCUT2D eigenvalue weighted by Crippen LogP contribution is -2.64. The summed E-state index contributed by atoms with van der Waals surface area (Å²) in [5, 5.41) is 9.73. The largest absolute Gasteiger partial charge is 0.417 e. The minimum atomic E-state index is -1.01. The summed E-state index contributed by atoms with van der Waals surface area (Å²) in [6.45, 7) is 5.80. The van der Waals surface area contributed by atoms with Crippen molar-refractivity contribution >= 4 is 51.4 Å². The van der Waals surface area contributed by atoms with Gasteiger partial charge >= 0.3 is 0 Å². The Morgan fingerprint density at radius 2 is 1.75 bits per heavy atom. The zero-order chi connectivity index (χ0) is 31.8. The summed E-state index contributed by atoms with van der Waals surface area (Å²) in [5.74, 6) is -1.11. The van der Waals surface area contributed by atoms with Gasteiger partial charge in [-0.1, -0.05) is 56.7 Å². The van der Waals surface area contributed by atoms with Crippen molar-refractivity contribution in [3.05, 3.63) is 36.0 Å². The van der Waals surface area contributed by atoms with E-state index in [0.717, 1.165) is 29.3 Å². The van der Waals surface area contributed by atoms with E-state index in [0.29, 0.717) is 44.4 Å². The van der Waals surface area contributed by atoms with Gasteiger partial charge in [0.2, 0.25) is 23.6 Å². The molecule has 2 aromatic rings. The zero-order valence-electron chi connectivity index (χ0n) is 26.1. The topological polar surface area (TPSA) is 139 Å². The Hall–Kier alpha value is -3.54. The molecule has 12 heteroatoms. The van der Waals surface area contributed by atoms with Crippen molar-refractivity contribution < 1.29 is 28.8 Å². The van der Waals surface area contributed by atoms with E-state index in [1.54, 1.807) is 22.9 Å². The van der Waals surface area contributed by atoms with Gasteiger partial charge in [0.15, 0.2) is 5.12 Å². The molecule has 0 radical (unpaired) electrons. The molecule has 44 heavy (non-hydrogen) atoms. The first kappa shape index (κ1) is 33.4. The summed E-state index contributed by atoms with van der Waals surface area (Å²) < 4.78 is 1.61. The van der Waals surface area contributed by atoms with Gasteiger partial charge < -0.3 is 25.7 Å². The molecule has 4 amide bonds. The number of hydrogen-bond donors (Lipinski definition) is 3. The lowest BCUT2D eigenvalue weighted by atomic mass is 9.93. The van der Waals surface area contributed by atoms with Crippen molar-refractivity contribution in [1.29, 1.82) is 0 Å². The molecule has 1 unspecified atom stereocenters. The molecule has 2 fully saturated rings. The van der Waals surface area contributed by atoms with Crippen LogP contribution in [0.3, 0.4) is 0 Å². The number of piperidine rings is 1. The average Bonchev–Trinajstić information content (AvgIpc) is 3.38. The van der Waals surface area contributed by atoms with Gasteiger partial charge in [0, 0.05) is 37.2 Å². The minimum Gasteiger partial charge on any atom is -0.417 e. The molecule has 3 heterocycles. The highest BCUT2D eigenvalue weighted by Crippen LogP contribution is 2.24. The molecular formula is C32H45N5O6S. The summed E-state index contributed by atoms with van der Waals surface area (Å²) in [4.78, 5) is 74.0. The second-order valence-electron chi connectivity index (χ2n) is 11.8. The molecule has 0 spiro atoms. The van der Waals surface area contributed by atoms with Gasteiger partial charge in [-0.15, -0.1) is 0 Å². The Morgan fingerprint density at radius 3 is 2.48 bits per heavy atom. The first-order valence-electron chi connectivity index (χ1n) is 15.6. The fourth-order valence-corrected chi connectivity index (χ4v) is 6.66. The number of thioether (sulfide) groups is 1. The van der Waals surface area contributed by atoms with Crippen LogP contribution in [0.5, 0.6) is 0 Å². The number of amides is 4. The molecule has 1 aromatic carbocycles. The van der Waals surface area contributed by atoms with Gasteiger partial charge in [0.05, 0.1) is 5.52 Å². The third kappa shape index (κ3) is 7.94. The second kappa shape index (κ2) is 15.5. The monoisotopic (exact) mass is 627 g/mol. The number of benzene rings is 1. The van der Waals surface area contributed by atoms with E-state index in [1.807, 2.05) is 38.1 Å². The molecule has 2 aliphatic heterocycles. The third-order valence-electron chi connectivity index (χ3n) is 8.71. The van der Waals surface area contributed by atoms with Crippen LogP contribution >= 0.6 is 11.8 Å². The maximum Gasteiger partial charge on any atom is 0.246 e. The van der Waals surface area contributed by atoms with Crippen LogP contribution in [0.4, 0.5) is 0 Å². The van der Waals surface area contributed by atoms with Crippen LogP contribution in [-0.2, 0) is 30.4 Å². The van der Waals surface area contributed by atoms with Gasteiger partial charge in [0.25, 0.3) is 0 Å². The molecule has 3 N–H and O–H groups in total. The minimum absolute atomic E-state index is 0.0310. The highest BCUT2D eigenvalue weighted by Gasteiger charge is 2.40. The highest BCUT2D eigenvalue weighted by atomic mass is 32.2. The number of carbonyl (C=O) groups excluding carboxylic acids is 5. The van der Waals surface area contributed by atoms with E-state index in [2.05, 4.69) is 16.0 Å². The molecule has 11 nitrogen and oxygen atoms in total. The van der Waals surface area contributed by atoms with E-state index < -0.39 is 36.0 Å². The SMILES string of the molecule is CCC(C)[C@@H]1NC(=O)[C@H](Cc2cn(OC)c3ccccc23)NC(=O)[C@H](CCCCSC(C)=O)NC(=O)[C@H]2CCCCN2C1=O. The Balaban J connectivity index is 1.68. The Labute approximate surface area is 263 Å². The molecule has 0 aliphatic carbocycles. The number of nitrogens with zero attached hydrogens (tertiary/aromatic N) is 2. The summed E-state index contributed by atoms with van der Waals surface area (Å²) >= 11 is 1.23. The maximum absolute atomic E-state index is 14.0. The quantitative estimate of drug-likeness (QED) is 0.344. The van der Waals surface area contributed by atoms with Crippen LogP contribution < -0.4 is 20.8 Å². The van der Waals surface area contributed by atoms with Crippen molar-refractivity contribution in [3.63, 3.8) is 0 Å². The molecule has 4 rings (SSSR count). The van der Waals surface area contributed by atoms with Crippen LogP contribution in [0.2, 0.25) is 0 Å². The first-order valence-corrected chi connectivity index (χ1v) is 16.6. The zero-order valence-corrected chi connectivity index (χ0v) is 26.9. The normalized spacial score (nSPS) is 24.0. The summed E-state index contributed by atoms with van der Waals surface area (Å²) in [6.07, 6.45) is 6.26. The van der Waals surface area contributed by atoms with Crippen LogP contribution in [0.1, 0.15) is 71.3 Å². The number of nitrogens with one attached hydrogen (secondary N) is 3. The fraction of sp³-hybridized carbons (Fsp3) is 0.594. The summed E-state index contributed by atoms with van der Waals surface area (Å²) in [6, 6.07) is 4.17. The average molecular weight is 628 g/mol.